The molecule has 3 aromatic carbocycles. The normalized spacial score (nSPS) is 13.6. The predicted octanol–water partition coefficient (Wildman–Crippen LogP) is 4.57. The molecular formula is C33H48N4O4S. The largest absolute Gasteiger partial charge is 0.399 e. The van der Waals surface area contributed by atoms with Gasteiger partial charge in [0.15, 0.2) is 0 Å². The summed E-state index contributed by atoms with van der Waals surface area (Å²) in [7, 11) is -3.81. The highest BCUT2D eigenvalue weighted by Gasteiger charge is 2.31. The van der Waals surface area contributed by atoms with E-state index in [2.05, 4.69) is 54.8 Å². The predicted molar refractivity (Wildman–Crippen MR) is 172 cm³/mol. The second-order valence-electron chi connectivity index (χ2n) is 11.9. The maximum Gasteiger partial charge on any atom is 0.243 e. The third kappa shape index (κ3) is 9.80. The maximum atomic E-state index is 13.5. The molecule has 0 radical (unpaired) electrons. The van der Waals surface area contributed by atoms with Gasteiger partial charge in [-0.25, -0.2) is 8.42 Å². The summed E-state index contributed by atoms with van der Waals surface area (Å²) in [6, 6.07) is 19.7. The van der Waals surface area contributed by atoms with Crippen LogP contribution in [-0.2, 0) is 21.2 Å². The van der Waals surface area contributed by atoms with E-state index in [1.54, 1.807) is 12.1 Å². The van der Waals surface area contributed by atoms with Crippen LogP contribution in [0.3, 0.4) is 0 Å². The summed E-state index contributed by atoms with van der Waals surface area (Å²) in [5.41, 5.74) is 7.34. The number of aliphatic hydroxyl groups is 1. The molecule has 42 heavy (non-hydrogen) atoms. The molecule has 0 aromatic heterocycles. The van der Waals surface area contributed by atoms with E-state index in [4.69, 9.17) is 5.73 Å². The number of nitrogens with one attached hydrogen (secondary N) is 2. The number of nitrogens with zero attached hydrogens (tertiary/aromatic N) is 1. The third-order valence-corrected chi connectivity index (χ3v) is 9.19. The number of amides is 1. The van der Waals surface area contributed by atoms with E-state index in [0.717, 1.165) is 17.5 Å². The molecule has 5 N–H and O–H groups in total. The number of nitrogens with two attached hydrogens (primary N) is 1. The first-order valence-electron chi connectivity index (χ1n) is 15.0. The SMILES string of the molecule is CC(C)CN[C@@H](Cc1ccc2ccccc2c1)C(=O)NCCCC[C@@H](CO)N(CC(C)C)S(=O)(=O)c1ccc(N)cc1. The van der Waals surface area contributed by atoms with Crippen molar-refractivity contribution in [2.45, 2.75) is 70.4 Å². The summed E-state index contributed by atoms with van der Waals surface area (Å²) in [5, 5.41) is 19.0. The van der Waals surface area contributed by atoms with Crippen molar-refractivity contribution in [1.82, 2.24) is 14.9 Å². The molecule has 9 heteroatoms. The molecule has 1 amide bonds. The monoisotopic (exact) mass is 596 g/mol. The van der Waals surface area contributed by atoms with Crippen LogP contribution < -0.4 is 16.4 Å². The summed E-state index contributed by atoms with van der Waals surface area (Å²) in [6.07, 6.45) is 2.40. The molecule has 0 unspecified atom stereocenters. The molecule has 0 heterocycles. The van der Waals surface area contributed by atoms with Crippen molar-refractivity contribution in [2.75, 3.05) is 32.0 Å². The summed E-state index contributed by atoms with van der Waals surface area (Å²) in [6.45, 7) is 9.37. The van der Waals surface area contributed by atoms with Gasteiger partial charge in [0.2, 0.25) is 15.9 Å². The minimum absolute atomic E-state index is 0.0464. The number of benzene rings is 3. The zero-order chi connectivity index (χ0) is 30.7. The van der Waals surface area contributed by atoms with Gasteiger partial charge >= 0.3 is 0 Å². The van der Waals surface area contributed by atoms with Crippen LogP contribution in [0.5, 0.6) is 0 Å². The smallest absolute Gasteiger partial charge is 0.243 e. The number of aliphatic hydroxyl groups excluding tert-OH is 1. The molecule has 0 spiro atoms. The van der Waals surface area contributed by atoms with Gasteiger partial charge in [0.05, 0.1) is 17.5 Å². The highest BCUT2D eigenvalue weighted by Crippen LogP contribution is 2.23. The Balaban J connectivity index is 1.58. The second-order valence-corrected chi connectivity index (χ2v) is 13.8. The fraction of sp³-hybridized carbons (Fsp3) is 0.485. The molecule has 0 saturated carbocycles. The lowest BCUT2D eigenvalue weighted by Crippen LogP contribution is -2.47. The van der Waals surface area contributed by atoms with Crippen molar-refractivity contribution in [2.24, 2.45) is 11.8 Å². The summed E-state index contributed by atoms with van der Waals surface area (Å²) >= 11 is 0. The van der Waals surface area contributed by atoms with Gasteiger partial charge in [-0.2, -0.15) is 4.31 Å². The minimum Gasteiger partial charge on any atom is -0.399 e. The molecule has 0 bridgehead atoms. The zero-order valence-electron chi connectivity index (χ0n) is 25.4. The molecule has 8 nitrogen and oxygen atoms in total. The van der Waals surface area contributed by atoms with Gasteiger partial charge in [0, 0.05) is 24.8 Å². The van der Waals surface area contributed by atoms with Gasteiger partial charge in [-0.3, -0.25) is 4.79 Å². The Kier molecular flexibility index (Phi) is 12.8. The number of rotatable bonds is 17. The van der Waals surface area contributed by atoms with Crippen molar-refractivity contribution < 1.29 is 18.3 Å². The van der Waals surface area contributed by atoms with Crippen molar-refractivity contribution in [3.8, 4) is 0 Å². The molecular weight excluding hydrogens is 548 g/mol. The molecule has 0 aliphatic rings. The van der Waals surface area contributed by atoms with Crippen LogP contribution in [0, 0.1) is 11.8 Å². The van der Waals surface area contributed by atoms with Gasteiger partial charge in [-0.15, -0.1) is 0 Å². The molecule has 0 aliphatic heterocycles. The molecule has 0 aliphatic carbocycles. The number of unbranched alkanes of at least 4 members (excludes halogenated alkanes) is 1. The van der Waals surface area contributed by atoms with Gasteiger partial charge < -0.3 is 21.5 Å². The van der Waals surface area contributed by atoms with Crippen LogP contribution in [0.25, 0.3) is 10.8 Å². The summed E-state index contributed by atoms with van der Waals surface area (Å²) < 4.78 is 28.4. The van der Waals surface area contributed by atoms with Crippen molar-refractivity contribution >= 4 is 32.4 Å². The van der Waals surface area contributed by atoms with Crippen LogP contribution in [-0.4, -0.2) is 62.1 Å². The number of carbonyl (C=O) groups is 1. The molecule has 2 atom stereocenters. The number of carbonyl (C=O) groups excluding carboxylic acids is 1. The van der Waals surface area contributed by atoms with Gasteiger partial charge in [0.1, 0.15) is 0 Å². The lowest BCUT2D eigenvalue weighted by Gasteiger charge is -2.31. The van der Waals surface area contributed by atoms with Gasteiger partial charge in [-0.05, 0) is 78.2 Å². The lowest BCUT2D eigenvalue weighted by molar-refractivity contribution is -0.123. The minimum atomic E-state index is -3.81. The Morgan fingerprint density at radius 1 is 0.929 bits per heavy atom. The number of nitrogen functional groups attached to an aromatic ring is 1. The quantitative estimate of drug-likeness (QED) is 0.134. The van der Waals surface area contributed by atoms with Crippen LogP contribution in [0.2, 0.25) is 0 Å². The number of fused-ring (bicyclic) bond motifs is 1. The van der Waals surface area contributed by atoms with E-state index >= 15 is 0 Å². The first-order chi connectivity index (χ1) is 20.0. The van der Waals surface area contributed by atoms with E-state index in [-0.39, 0.29) is 29.4 Å². The Labute approximate surface area is 251 Å². The Morgan fingerprint density at radius 3 is 2.26 bits per heavy atom. The number of hydrogen-bond acceptors (Lipinski definition) is 6. The molecule has 0 saturated heterocycles. The van der Waals surface area contributed by atoms with E-state index in [0.29, 0.717) is 50.4 Å². The van der Waals surface area contributed by atoms with E-state index in [1.807, 2.05) is 26.0 Å². The number of anilines is 1. The lowest BCUT2D eigenvalue weighted by atomic mass is 10.0. The highest BCUT2D eigenvalue weighted by atomic mass is 32.2. The Bertz CT molecular complexity index is 1380. The highest BCUT2D eigenvalue weighted by molar-refractivity contribution is 7.89. The van der Waals surface area contributed by atoms with Crippen molar-refractivity contribution in [3.63, 3.8) is 0 Å². The van der Waals surface area contributed by atoms with Crippen LogP contribution in [0.4, 0.5) is 5.69 Å². The average Bonchev–Trinajstić information content (AvgIpc) is 2.96. The second kappa shape index (κ2) is 16.0. The first-order valence-corrected chi connectivity index (χ1v) is 16.4. The number of hydrogen-bond donors (Lipinski definition) is 4. The fourth-order valence-electron chi connectivity index (χ4n) is 4.98. The van der Waals surface area contributed by atoms with Crippen LogP contribution in [0.1, 0.15) is 52.5 Å². The topological polar surface area (TPSA) is 125 Å². The van der Waals surface area contributed by atoms with E-state index in [9.17, 15) is 18.3 Å². The van der Waals surface area contributed by atoms with Crippen LogP contribution >= 0.6 is 0 Å². The zero-order valence-corrected chi connectivity index (χ0v) is 26.2. The molecule has 0 fully saturated rings. The molecule has 3 aromatic rings. The standard InChI is InChI=1S/C33H48N4O4S/c1-24(2)21-36-32(20-26-12-13-27-9-5-6-10-28(27)19-26)33(39)35-18-8-7-11-30(23-38)37(22-25(3)4)42(40,41)31-16-14-29(34)15-17-31/h5-6,9-10,12-17,19,24-25,30,32,36,38H,7-8,11,18,20-23,34H2,1-4H3,(H,35,39)/t30-,32-/m0/s1. The first kappa shape index (κ1) is 33.5. The molecule has 230 valence electrons. The summed E-state index contributed by atoms with van der Waals surface area (Å²) in [4.78, 5) is 13.4. The van der Waals surface area contributed by atoms with E-state index < -0.39 is 16.1 Å². The van der Waals surface area contributed by atoms with Crippen LogP contribution in [0.15, 0.2) is 71.6 Å². The maximum absolute atomic E-state index is 13.5. The Hall–Kier alpha value is -2.98. The van der Waals surface area contributed by atoms with E-state index in [1.165, 1.54) is 21.8 Å². The Morgan fingerprint density at radius 2 is 1.62 bits per heavy atom. The fourth-order valence-corrected chi connectivity index (χ4v) is 6.79. The van der Waals surface area contributed by atoms with Crippen molar-refractivity contribution in [1.29, 1.82) is 0 Å². The molecule has 3 rings (SSSR count). The van der Waals surface area contributed by atoms with Gasteiger partial charge in [0.25, 0.3) is 0 Å². The summed E-state index contributed by atoms with van der Waals surface area (Å²) in [5.74, 6) is 0.445. The third-order valence-electron chi connectivity index (χ3n) is 7.26. The average molecular weight is 597 g/mol. The van der Waals surface area contributed by atoms with Gasteiger partial charge in [-0.1, -0.05) is 76.6 Å². The van der Waals surface area contributed by atoms with Crippen molar-refractivity contribution in [3.05, 3.63) is 72.3 Å². The number of sulfonamides is 1.